The number of sulfonamides is 1. The van der Waals surface area contributed by atoms with Crippen LogP contribution in [-0.4, -0.2) is 57.1 Å². The van der Waals surface area contributed by atoms with Gasteiger partial charge in [0.25, 0.3) is 21.8 Å². The molecule has 2 amide bonds. The number of nitrogens with one attached hydrogen (secondary N) is 2. The number of phenols is 1. The van der Waals surface area contributed by atoms with E-state index in [1.54, 1.807) is 12.1 Å². The molecule has 3 N–H and O–H groups in total. The Kier molecular flexibility index (Phi) is 7.71. The van der Waals surface area contributed by atoms with E-state index in [0.29, 0.717) is 30.6 Å². The molecular formula is C19H23N3O6S. The first-order valence-electron chi connectivity index (χ1n) is 8.74. The van der Waals surface area contributed by atoms with Crippen molar-refractivity contribution < 1.29 is 28.0 Å². The highest BCUT2D eigenvalue weighted by Gasteiger charge is 2.20. The van der Waals surface area contributed by atoms with E-state index >= 15 is 0 Å². The van der Waals surface area contributed by atoms with Crippen LogP contribution in [0.2, 0.25) is 0 Å². The van der Waals surface area contributed by atoms with E-state index in [9.17, 15) is 23.1 Å². The third-order valence-electron chi connectivity index (χ3n) is 4.04. The highest BCUT2D eigenvalue weighted by atomic mass is 32.2. The van der Waals surface area contributed by atoms with Crippen molar-refractivity contribution in [2.45, 2.75) is 11.3 Å². The molecule has 0 aromatic heterocycles. The molecule has 2 rings (SSSR count). The summed E-state index contributed by atoms with van der Waals surface area (Å²) in [7, 11) is -1.25. The molecule has 9 nitrogen and oxygen atoms in total. The molecule has 156 valence electrons. The van der Waals surface area contributed by atoms with Gasteiger partial charge in [0.1, 0.15) is 5.75 Å². The van der Waals surface area contributed by atoms with Crippen molar-refractivity contribution in [3.8, 4) is 5.75 Å². The lowest BCUT2D eigenvalue weighted by atomic mass is 10.2. The second-order valence-corrected chi connectivity index (χ2v) is 7.97. The normalized spacial score (nSPS) is 11.3. The molecule has 0 unspecified atom stereocenters. The quantitative estimate of drug-likeness (QED) is 0.412. The van der Waals surface area contributed by atoms with Crippen LogP contribution in [0.3, 0.4) is 0 Å². The fourth-order valence-electron chi connectivity index (χ4n) is 2.37. The summed E-state index contributed by atoms with van der Waals surface area (Å²) in [6.07, 6.45) is 0.501. The Morgan fingerprint density at radius 3 is 2.14 bits per heavy atom. The standard InChI is InChI=1S/C19H23N3O6S/c1-22(28-2)29(26,27)17-9-7-14(8-10-17)18(24)20-11-4-12-21-19(25)15-5-3-6-16(23)13-15/h3,5-10,13,23H,4,11-12H2,1-2H3,(H,20,24)(H,21,25). The predicted octanol–water partition coefficient (Wildman–Crippen LogP) is 1.12. The van der Waals surface area contributed by atoms with Crippen LogP contribution in [0.1, 0.15) is 27.1 Å². The molecule has 0 atom stereocenters. The Morgan fingerprint density at radius 2 is 1.59 bits per heavy atom. The van der Waals surface area contributed by atoms with Gasteiger partial charge in [-0.3, -0.25) is 14.4 Å². The molecule has 0 saturated carbocycles. The van der Waals surface area contributed by atoms with Crippen molar-refractivity contribution >= 4 is 21.8 Å². The largest absolute Gasteiger partial charge is 0.508 e. The zero-order valence-electron chi connectivity index (χ0n) is 16.1. The van der Waals surface area contributed by atoms with E-state index < -0.39 is 10.0 Å². The van der Waals surface area contributed by atoms with Crippen molar-refractivity contribution in [1.82, 2.24) is 15.1 Å². The number of benzene rings is 2. The maximum absolute atomic E-state index is 12.1. The SMILES string of the molecule is CON(C)S(=O)(=O)c1ccc(C(=O)NCCCNC(=O)c2cccc(O)c2)cc1. The van der Waals surface area contributed by atoms with Gasteiger partial charge in [0.15, 0.2) is 0 Å². The molecule has 2 aromatic carbocycles. The predicted molar refractivity (Wildman–Crippen MR) is 106 cm³/mol. The first-order valence-corrected chi connectivity index (χ1v) is 10.2. The van der Waals surface area contributed by atoms with Crippen LogP contribution in [0.4, 0.5) is 0 Å². The molecule has 0 aliphatic carbocycles. The van der Waals surface area contributed by atoms with Gasteiger partial charge < -0.3 is 15.7 Å². The van der Waals surface area contributed by atoms with E-state index in [2.05, 4.69) is 10.6 Å². The van der Waals surface area contributed by atoms with Gasteiger partial charge in [-0.25, -0.2) is 8.42 Å². The van der Waals surface area contributed by atoms with Gasteiger partial charge in [0.2, 0.25) is 0 Å². The number of rotatable bonds is 9. The summed E-state index contributed by atoms with van der Waals surface area (Å²) in [6, 6.07) is 11.5. The summed E-state index contributed by atoms with van der Waals surface area (Å²) < 4.78 is 25.0. The second kappa shape index (κ2) is 10.0. The lowest BCUT2D eigenvalue weighted by Gasteiger charge is -2.14. The number of hydrogen-bond acceptors (Lipinski definition) is 6. The van der Waals surface area contributed by atoms with Crippen LogP contribution < -0.4 is 10.6 Å². The molecule has 0 saturated heterocycles. The molecule has 29 heavy (non-hydrogen) atoms. The maximum Gasteiger partial charge on any atom is 0.264 e. The van der Waals surface area contributed by atoms with Crippen LogP contribution in [0.25, 0.3) is 0 Å². The van der Waals surface area contributed by atoms with E-state index in [1.807, 2.05) is 0 Å². The van der Waals surface area contributed by atoms with Crippen molar-refractivity contribution in [3.63, 3.8) is 0 Å². The number of hydroxylamine groups is 1. The Bertz CT molecular complexity index is 960. The van der Waals surface area contributed by atoms with Crippen molar-refractivity contribution in [2.24, 2.45) is 0 Å². The number of nitrogens with zero attached hydrogens (tertiary/aromatic N) is 1. The highest BCUT2D eigenvalue weighted by Crippen LogP contribution is 2.15. The maximum atomic E-state index is 12.1. The average Bonchev–Trinajstić information content (AvgIpc) is 2.72. The fourth-order valence-corrected chi connectivity index (χ4v) is 3.34. The van der Waals surface area contributed by atoms with Crippen LogP contribution in [0.5, 0.6) is 5.75 Å². The molecule has 0 aliphatic rings. The summed E-state index contributed by atoms with van der Waals surface area (Å²) in [5.74, 6) is -0.656. The summed E-state index contributed by atoms with van der Waals surface area (Å²) in [5, 5.41) is 14.8. The third kappa shape index (κ3) is 6.01. The van der Waals surface area contributed by atoms with Gasteiger partial charge in [-0.1, -0.05) is 10.5 Å². The van der Waals surface area contributed by atoms with Gasteiger partial charge in [0.05, 0.1) is 12.0 Å². The molecule has 0 aliphatic heterocycles. The monoisotopic (exact) mass is 421 g/mol. The average molecular weight is 421 g/mol. The minimum absolute atomic E-state index is 0.00746. The number of carbonyl (C=O) groups excluding carboxylic acids is 2. The van der Waals surface area contributed by atoms with Gasteiger partial charge in [-0.15, -0.1) is 0 Å². The summed E-state index contributed by atoms with van der Waals surface area (Å²) in [4.78, 5) is 28.8. The Hall–Kier alpha value is -2.95. The number of phenolic OH excluding ortho intramolecular Hbond substituents is 1. The lowest BCUT2D eigenvalue weighted by Crippen LogP contribution is -2.30. The Morgan fingerprint density at radius 1 is 1.00 bits per heavy atom. The topological polar surface area (TPSA) is 125 Å². The smallest absolute Gasteiger partial charge is 0.264 e. The van der Waals surface area contributed by atoms with Gasteiger partial charge in [0, 0.05) is 31.3 Å². The van der Waals surface area contributed by atoms with Crippen LogP contribution in [0.15, 0.2) is 53.4 Å². The molecule has 0 heterocycles. The van der Waals surface area contributed by atoms with Crippen LogP contribution >= 0.6 is 0 Å². The molecule has 10 heteroatoms. The fraction of sp³-hybridized carbons (Fsp3) is 0.263. The Balaban J connectivity index is 1.79. The van der Waals surface area contributed by atoms with Crippen molar-refractivity contribution in [2.75, 3.05) is 27.2 Å². The third-order valence-corrected chi connectivity index (χ3v) is 5.74. The molecule has 0 fully saturated rings. The zero-order chi connectivity index (χ0) is 21.4. The molecular weight excluding hydrogens is 398 g/mol. The van der Waals surface area contributed by atoms with Crippen LogP contribution in [-0.2, 0) is 14.9 Å². The minimum Gasteiger partial charge on any atom is -0.508 e. The molecule has 2 aromatic rings. The second-order valence-electron chi connectivity index (χ2n) is 6.04. The van der Waals surface area contributed by atoms with E-state index in [4.69, 9.17) is 4.84 Å². The number of amides is 2. The lowest BCUT2D eigenvalue weighted by molar-refractivity contribution is -0.0258. The number of carbonyl (C=O) groups is 2. The number of aromatic hydroxyl groups is 1. The highest BCUT2D eigenvalue weighted by molar-refractivity contribution is 7.89. The summed E-state index contributed by atoms with van der Waals surface area (Å²) in [6.45, 7) is 0.668. The van der Waals surface area contributed by atoms with Crippen molar-refractivity contribution in [3.05, 3.63) is 59.7 Å². The van der Waals surface area contributed by atoms with Crippen molar-refractivity contribution in [1.29, 1.82) is 0 Å². The summed E-state index contributed by atoms with van der Waals surface area (Å²) >= 11 is 0. The van der Waals surface area contributed by atoms with Crippen LogP contribution in [0, 0.1) is 0 Å². The van der Waals surface area contributed by atoms with Gasteiger partial charge in [-0.05, 0) is 48.9 Å². The Labute approximate surface area is 169 Å². The first kappa shape index (κ1) is 22.3. The van der Waals surface area contributed by atoms with E-state index in [1.165, 1.54) is 50.6 Å². The summed E-state index contributed by atoms with van der Waals surface area (Å²) in [5.41, 5.74) is 0.663. The van der Waals surface area contributed by atoms with E-state index in [-0.39, 0.29) is 22.5 Å². The molecule has 0 spiro atoms. The molecule has 0 bridgehead atoms. The number of hydrogen-bond donors (Lipinski definition) is 3. The van der Waals surface area contributed by atoms with Gasteiger partial charge >= 0.3 is 0 Å². The first-order chi connectivity index (χ1) is 13.8. The molecule has 0 radical (unpaired) electrons. The minimum atomic E-state index is -3.77. The zero-order valence-corrected chi connectivity index (χ0v) is 16.9. The van der Waals surface area contributed by atoms with E-state index in [0.717, 1.165) is 4.47 Å². The van der Waals surface area contributed by atoms with Gasteiger partial charge in [-0.2, -0.15) is 0 Å².